The molecule has 0 spiro atoms. The fourth-order valence-electron chi connectivity index (χ4n) is 1.58. The number of methoxy groups -OCH3 is 1. The van der Waals surface area contributed by atoms with Crippen LogP contribution in [0, 0.1) is 17.2 Å². The van der Waals surface area contributed by atoms with Crippen LogP contribution in [0.2, 0.25) is 0 Å². The summed E-state index contributed by atoms with van der Waals surface area (Å²) in [6.45, 7) is 2.83. The third-order valence-corrected chi connectivity index (χ3v) is 3.00. The largest absolute Gasteiger partial charge is 0.497 e. The minimum absolute atomic E-state index is 0.549. The molecule has 98 valence electrons. The van der Waals surface area contributed by atoms with Gasteiger partial charge in [0, 0.05) is 6.07 Å². The van der Waals surface area contributed by atoms with E-state index in [1.165, 1.54) is 0 Å². The zero-order valence-electron chi connectivity index (χ0n) is 10.8. The van der Waals surface area contributed by atoms with Gasteiger partial charge in [0.05, 0.1) is 25.3 Å². The second-order valence-corrected chi connectivity index (χ2v) is 4.71. The Labute approximate surface area is 114 Å². The summed E-state index contributed by atoms with van der Waals surface area (Å²) in [6, 6.07) is 7.31. The van der Waals surface area contributed by atoms with Crippen molar-refractivity contribution in [3.63, 3.8) is 0 Å². The molecule has 3 nitrogen and oxygen atoms in total. The van der Waals surface area contributed by atoms with Crippen LogP contribution in [-0.2, 0) is 0 Å². The molecule has 0 aliphatic heterocycles. The van der Waals surface area contributed by atoms with Gasteiger partial charge in [-0.1, -0.05) is 6.92 Å². The Balaban J connectivity index is 2.54. The maximum Gasteiger partial charge on any atom is 0.124 e. The van der Waals surface area contributed by atoms with Crippen molar-refractivity contribution in [2.75, 3.05) is 19.5 Å². The van der Waals surface area contributed by atoms with Crippen LogP contribution in [0.1, 0.15) is 25.3 Å². The first-order valence-electron chi connectivity index (χ1n) is 6.02. The summed E-state index contributed by atoms with van der Waals surface area (Å²) in [4.78, 5) is 0. The van der Waals surface area contributed by atoms with E-state index < -0.39 is 0 Å². The van der Waals surface area contributed by atoms with Gasteiger partial charge in [-0.2, -0.15) is 17.9 Å². The van der Waals surface area contributed by atoms with E-state index in [1.807, 2.05) is 0 Å². The minimum Gasteiger partial charge on any atom is -0.497 e. The van der Waals surface area contributed by atoms with Gasteiger partial charge in [-0.25, -0.2) is 0 Å². The molecule has 1 rings (SSSR count). The Morgan fingerprint density at radius 2 is 2.00 bits per heavy atom. The minimum atomic E-state index is 0.549. The molecular formula is C14H19NO2S. The first kappa shape index (κ1) is 14.7. The number of benzene rings is 1. The van der Waals surface area contributed by atoms with Gasteiger partial charge in [-0.3, -0.25) is 0 Å². The summed E-state index contributed by atoms with van der Waals surface area (Å²) in [7, 11) is 1.58. The molecule has 0 radical (unpaired) electrons. The van der Waals surface area contributed by atoms with Crippen LogP contribution >= 0.6 is 12.6 Å². The van der Waals surface area contributed by atoms with Crippen molar-refractivity contribution in [2.45, 2.75) is 19.8 Å². The number of nitriles is 1. The van der Waals surface area contributed by atoms with Crippen LogP contribution < -0.4 is 9.47 Å². The fraction of sp³-hybridized carbons (Fsp3) is 0.500. The molecule has 0 heterocycles. The molecule has 0 N–H and O–H groups in total. The summed E-state index contributed by atoms with van der Waals surface area (Å²) in [5.41, 5.74) is 0.549. The number of rotatable bonds is 7. The van der Waals surface area contributed by atoms with Crippen LogP contribution in [0.15, 0.2) is 18.2 Å². The quantitative estimate of drug-likeness (QED) is 0.769. The molecule has 1 unspecified atom stereocenters. The van der Waals surface area contributed by atoms with Gasteiger partial charge >= 0.3 is 0 Å². The van der Waals surface area contributed by atoms with Gasteiger partial charge < -0.3 is 9.47 Å². The molecule has 0 aromatic heterocycles. The van der Waals surface area contributed by atoms with E-state index in [2.05, 4.69) is 25.6 Å². The van der Waals surface area contributed by atoms with Crippen molar-refractivity contribution in [1.82, 2.24) is 0 Å². The summed E-state index contributed by atoms with van der Waals surface area (Å²) >= 11 is 4.21. The maximum absolute atomic E-state index is 8.90. The zero-order valence-corrected chi connectivity index (χ0v) is 11.7. The lowest BCUT2D eigenvalue weighted by atomic mass is 10.1. The lowest BCUT2D eigenvalue weighted by Gasteiger charge is -2.12. The first-order valence-corrected chi connectivity index (χ1v) is 6.65. The van der Waals surface area contributed by atoms with E-state index in [9.17, 15) is 0 Å². The second-order valence-electron chi connectivity index (χ2n) is 4.26. The number of thiol groups is 1. The van der Waals surface area contributed by atoms with Crippen LogP contribution in [0.5, 0.6) is 11.5 Å². The third-order valence-electron chi connectivity index (χ3n) is 2.75. The van der Waals surface area contributed by atoms with Crippen LogP contribution in [0.4, 0.5) is 0 Å². The number of hydrogen-bond acceptors (Lipinski definition) is 4. The molecule has 0 saturated heterocycles. The Kier molecular flexibility index (Phi) is 6.45. The summed E-state index contributed by atoms with van der Waals surface area (Å²) in [5.74, 6) is 2.83. The fourth-order valence-corrected chi connectivity index (χ4v) is 2.02. The predicted molar refractivity (Wildman–Crippen MR) is 75.5 cm³/mol. The zero-order chi connectivity index (χ0) is 13.4. The summed E-state index contributed by atoms with van der Waals surface area (Å²) < 4.78 is 10.8. The van der Waals surface area contributed by atoms with Crippen molar-refractivity contribution in [3.8, 4) is 17.6 Å². The first-order chi connectivity index (χ1) is 8.69. The number of ether oxygens (including phenoxy) is 2. The van der Waals surface area contributed by atoms with E-state index in [1.54, 1.807) is 25.3 Å². The topological polar surface area (TPSA) is 42.2 Å². The molecule has 0 aliphatic rings. The van der Waals surface area contributed by atoms with E-state index in [4.69, 9.17) is 14.7 Å². The SMILES string of the molecule is COc1cc(C#N)cc(OCCC(C)CCS)c1. The van der Waals surface area contributed by atoms with Gasteiger partial charge in [0.15, 0.2) is 0 Å². The van der Waals surface area contributed by atoms with Crippen molar-refractivity contribution < 1.29 is 9.47 Å². The van der Waals surface area contributed by atoms with E-state index in [0.717, 1.165) is 18.6 Å². The van der Waals surface area contributed by atoms with Gasteiger partial charge in [0.25, 0.3) is 0 Å². The molecule has 0 aliphatic carbocycles. The van der Waals surface area contributed by atoms with E-state index >= 15 is 0 Å². The van der Waals surface area contributed by atoms with Crippen molar-refractivity contribution >= 4 is 12.6 Å². The van der Waals surface area contributed by atoms with Crippen LogP contribution in [-0.4, -0.2) is 19.5 Å². The molecule has 0 amide bonds. The molecule has 1 atom stereocenters. The highest BCUT2D eigenvalue weighted by atomic mass is 32.1. The molecule has 0 bridgehead atoms. The standard InChI is InChI=1S/C14H19NO2S/c1-11(4-6-18)3-5-17-14-8-12(10-15)7-13(9-14)16-2/h7-9,11,18H,3-6H2,1-2H3. The Morgan fingerprint density at radius 3 is 2.61 bits per heavy atom. The Morgan fingerprint density at radius 1 is 1.28 bits per heavy atom. The van der Waals surface area contributed by atoms with Crippen LogP contribution in [0.25, 0.3) is 0 Å². The predicted octanol–water partition coefficient (Wildman–Crippen LogP) is 3.29. The van der Waals surface area contributed by atoms with Gasteiger partial charge in [-0.05, 0) is 36.6 Å². The average Bonchev–Trinajstić information content (AvgIpc) is 2.38. The molecular weight excluding hydrogens is 246 g/mol. The van der Waals surface area contributed by atoms with Crippen molar-refractivity contribution in [1.29, 1.82) is 5.26 Å². The maximum atomic E-state index is 8.90. The monoisotopic (exact) mass is 265 g/mol. The molecule has 18 heavy (non-hydrogen) atoms. The van der Waals surface area contributed by atoms with E-state index in [0.29, 0.717) is 29.6 Å². The lowest BCUT2D eigenvalue weighted by molar-refractivity contribution is 0.280. The lowest BCUT2D eigenvalue weighted by Crippen LogP contribution is -2.05. The second kappa shape index (κ2) is 7.88. The molecule has 1 aromatic rings. The van der Waals surface area contributed by atoms with Gasteiger partial charge in [0.1, 0.15) is 11.5 Å². The summed E-state index contributed by atoms with van der Waals surface area (Å²) in [6.07, 6.45) is 2.08. The van der Waals surface area contributed by atoms with Crippen LogP contribution in [0.3, 0.4) is 0 Å². The van der Waals surface area contributed by atoms with E-state index in [-0.39, 0.29) is 0 Å². The highest BCUT2D eigenvalue weighted by Gasteiger charge is 2.04. The Bertz CT molecular complexity index is 415. The van der Waals surface area contributed by atoms with Crippen molar-refractivity contribution in [2.24, 2.45) is 5.92 Å². The number of nitrogens with zero attached hydrogens (tertiary/aromatic N) is 1. The third kappa shape index (κ3) is 4.89. The van der Waals surface area contributed by atoms with Gasteiger partial charge in [-0.15, -0.1) is 0 Å². The summed E-state index contributed by atoms with van der Waals surface area (Å²) in [5, 5.41) is 8.90. The van der Waals surface area contributed by atoms with Crippen molar-refractivity contribution in [3.05, 3.63) is 23.8 Å². The highest BCUT2D eigenvalue weighted by Crippen LogP contribution is 2.22. The number of hydrogen-bond donors (Lipinski definition) is 1. The molecule has 4 heteroatoms. The molecule has 1 aromatic carbocycles. The average molecular weight is 265 g/mol. The molecule has 0 saturated carbocycles. The smallest absolute Gasteiger partial charge is 0.124 e. The Hall–Kier alpha value is -1.34. The highest BCUT2D eigenvalue weighted by molar-refractivity contribution is 7.80. The normalized spacial score (nSPS) is 11.7. The molecule has 0 fully saturated rings. The van der Waals surface area contributed by atoms with Gasteiger partial charge in [0.2, 0.25) is 0 Å².